The highest BCUT2D eigenvalue weighted by atomic mass is 32.2. The van der Waals surface area contributed by atoms with Crippen molar-refractivity contribution in [3.63, 3.8) is 0 Å². The second-order valence-corrected chi connectivity index (χ2v) is 14.1. The van der Waals surface area contributed by atoms with Crippen LogP contribution in [0.15, 0.2) is 97.0 Å². The first kappa shape index (κ1) is 35.4. The van der Waals surface area contributed by atoms with E-state index in [4.69, 9.17) is 0 Å². The highest BCUT2D eigenvalue weighted by Crippen LogP contribution is 2.35. The van der Waals surface area contributed by atoms with Gasteiger partial charge in [-0.25, -0.2) is 24.9 Å². The first-order valence-electron chi connectivity index (χ1n) is 16.8. The maximum absolute atomic E-state index is 12.4. The van der Waals surface area contributed by atoms with Crippen LogP contribution in [0.25, 0.3) is 65.8 Å². The number of hydrogen-bond acceptors (Lipinski definition) is 11. The highest BCUT2D eigenvalue weighted by Gasteiger charge is 2.48. The van der Waals surface area contributed by atoms with Gasteiger partial charge in [-0.15, -0.1) is 0 Å². The zero-order chi connectivity index (χ0) is 38.3. The molecule has 0 amide bonds. The lowest BCUT2D eigenvalue weighted by atomic mass is 10.1. The third-order valence-corrected chi connectivity index (χ3v) is 10.0. The molecule has 5 N–H and O–H groups in total. The third-order valence-electron chi connectivity index (χ3n) is 9.05. The number of hydrogen-bond donors (Lipinski definition) is 5. The number of piperidine rings is 1. The fraction of sp³-hybridized carbons (Fsp3) is 0.167. The van der Waals surface area contributed by atoms with Crippen LogP contribution >= 0.6 is 0 Å². The molecule has 1 saturated heterocycles. The van der Waals surface area contributed by atoms with Gasteiger partial charge in [0.15, 0.2) is 22.5 Å². The second-order valence-electron chi connectivity index (χ2n) is 12.5. The molecule has 0 spiro atoms. The van der Waals surface area contributed by atoms with E-state index in [2.05, 4.69) is 60.0 Å². The second kappa shape index (κ2) is 14.0. The van der Waals surface area contributed by atoms with E-state index in [9.17, 15) is 31.5 Å². The van der Waals surface area contributed by atoms with Gasteiger partial charge in [0.05, 0.1) is 52.0 Å². The number of β-amino-alcohol motifs (C(OH)–C–C–N with tert-alkyl or cyclic N) is 1. The summed E-state index contributed by atoms with van der Waals surface area (Å²) >= 11 is 0. The number of H-pyrrole nitrogens is 4. The van der Waals surface area contributed by atoms with Crippen molar-refractivity contribution in [2.24, 2.45) is 0 Å². The average molecular weight is 771 g/mol. The average Bonchev–Trinajstić information content (AvgIpc) is 3.96. The van der Waals surface area contributed by atoms with Gasteiger partial charge in [0.2, 0.25) is 0 Å². The molecule has 1 fully saturated rings. The van der Waals surface area contributed by atoms with Crippen LogP contribution in [0.5, 0.6) is 5.75 Å². The monoisotopic (exact) mass is 770 g/mol. The van der Waals surface area contributed by atoms with Gasteiger partial charge in [-0.05, 0) is 43.2 Å². The maximum atomic E-state index is 12.4. The van der Waals surface area contributed by atoms with E-state index in [1.807, 2.05) is 24.5 Å². The SMILES string of the molecule is O=S(=O)(Oc1cc[nH]c2cnc3nccc3c12)C(F)(F)F.O=c1cc[nH]c2cnc3[nH]ccc3c12.OC1CCCN(c2cc[nH]c3cnc4nccc4c23)C1. The molecular formula is C36H29F3N10O5S. The Bertz CT molecular complexity index is 3020. The molecule has 19 heteroatoms. The van der Waals surface area contributed by atoms with Gasteiger partial charge in [-0.2, -0.15) is 21.6 Å². The van der Waals surface area contributed by atoms with E-state index in [-0.39, 0.29) is 22.6 Å². The Morgan fingerprint density at radius 1 is 0.727 bits per heavy atom. The first-order valence-corrected chi connectivity index (χ1v) is 18.2. The molecule has 10 heterocycles. The predicted molar refractivity (Wildman–Crippen MR) is 200 cm³/mol. The largest absolute Gasteiger partial charge is 0.534 e. The summed E-state index contributed by atoms with van der Waals surface area (Å²) in [6.07, 6.45) is 16.3. The number of rotatable bonds is 3. The molecule has 0 radical (unpaired) electrons. The van der Waals surface area contributed by atoms with Crippen LogP contribution in [-0.2, 0) is 10.1 Å². The van der Waals surface area contributed by atoms with Gasteiger partial charge < -0.3 is 34.1 Å². The molecule has 0 saturated carbocycles. The minimum atomic E-state index is -5.75. The number of aromatic nitrogens is 9. The quantitative estimate of drug-likeness (QED) is 0.107. The highest BCUT2D eigenvalue weighted by molar-refractivity contribution is 7.88. The minimum absolute atomic E-state index is 0.0192. The molecule has 0 aliphatic carbocycles. The molecule has 9 aromatic heterocycles. The van der Waals surface area contributed by atoms with Crippen molar-refractivity contribution < 1.29 is 30.9 Å². The number of aliphatic hydroxyl groups is 1. The van der Waals surface area contributed by atoms with Crippen LogP contribution in [0, 0.1) is 0 Å². The number of aliphatic hydroxyl groups excluding tert-OH is 1. The third kappa shape index (κ3) is 6.74. The van der Waals surface area contributed by atoms with Gasteiger partial charge in [0.1, 0.15) is 5.65 Å². The van der Waals surface area contributed by atoms with Crippen LogP contribution in [0.4, 0.5) is 18.9 Å². The molecule has 280 valence electrons. The van der Waals surface area contributed by atoms with E-state index in [0.29, 0.717) is 22.8 Å². The predicted octanol–water partition coefficient (Wildman–Crippen LogP) is 5.82. The molecule has 1 aliphatic rings. The van der Waals surface area contributed by atoms with E-state index in [1.165, 1.54) is 30.7 Å². The molecule has 9 aromatic rings. The Kier molecular flexibility index (Phi) is 9.01. The fourth-order valence-corrected chi connectivity index (χ4v) is 7.08. The van der Waals surface area contributed by atoms with Gasteiger partial charge in [-0.1, -0.05) is 0 Å². The summed E-state index contributed by atoms with van der Waals surface area (Å²) in [5.74, 6) is -0.443. The fourth-order valence-electron chi connectivity index (χ4n) is 6.61. The lowest BCUT2D eigenvalue weighted by Gasteiger charge is -2.32. The Labute approximate surface area is 307 Å². The number of nitrogens with zero attached hydrogens (tertiary/aromatic N) is 6. The van der Waals surface area contributed by atoms with Crippen LogP contribution < -0.4 is 14.5 Å². The zero-order valence-corrected chi connectivity index (χ0v) is 29.2. The zero-order valence-electron chi connectivity index (χ0n) is 28.4. The van der Waals surface area contributed by atoms with E-state index in [0.717, 1.165) is 69.6 Å². The Hall–Kier alpha value is -6.60. The summed E-state index contributed by atoms with van der Waals surface area (Å²) in [5, 5.41) is 14.2. The van der Waals surface area contributed by atoms with Crippen LogP contribution in [0.2, 0.25) is 0 Å². The van der Waals surface area contributed by atoms with Crippen molar-refractivity contribution in [2.45, 2.75) is 24.5 Å². The number of fused-ring (bicyclic) bond motifs is 9. The topological polar surface area (TPSA) is 212 Å². The van der Waals surface area contributed by atoms with Gasteiger partial charge in [0, 0.05) is 83.6 Å². The van der Waals surface area contributed by atoms with E-state index < -0.39 is 21.4 Å². The number of alkyl halides is 3. The number of pyridine rings is 6. The van der Waals surface area contributed by atoms with Crippen molar-refractivity contribution in [1.82, 2.24) is 44.9 Å². The van der Waals surface area contributed by atoms with Crippen molar-refractivity contribution in [3.05, 3.63) is 102 Å². The number of aromatic amines is 4. The summed E-state index contributed by atoms with van der Waals surface area (Å²) in [7, 11) is -5.75. The van der Waals surface area contributed by atoms with Crippen molar-refractivity contribution >= 4 is 81.6 Å². The van der Waals surface area contributed by atoms with Crippen molar-refractivity contribution in [3.8, 4) is 5.75 Å². The molecular weight excluding hydrogens is 742 g/mol. The maximum Gasteiger partial charge on any atom is 0.534 e. The molecule has 10 rings (SSSR count). The summed E-state index contributed by atoms with van der Waals surface area (Å²) in [6.45, 7) is 1.67. The Morgan fingerprint density at radius 3 is 2.02 bits per heavy atom. The lowest BCUT2D eigenvalue weighted by Crippen LogP contribution is -2.38. The van der Waals surface area contributed by atoms with Crippen LogP contribution in [0.1, 0.15) is 12.8 Å². The molecule has 1 atom stereocenters. The minimum Gasteiger partial charge on any atom is -0.391 e. The summed E-state index contributed by atoms with van der Waals surface area (Å²) < 4.78 is 63.8. The van der Waals surface area contributed by atoms with Crippen LogP contribution in [0.3, 0.4) is 0 Å². The Morgan fingerprint density at radius 2 is 1.33 bits per heavy atom. The first-order chi connectivity index (χ1) is 26.5. The molecule has 1 unspecified atom stereocenters. The molecule has 15 nitrogen and oxygen atoms in total. The van der Waals surface area contributed by atoms with Crippen LogP contribution in [-0.4, -0.2) is 83.1 Å². The number of halogens is 3. The van der Waals surface area contributed by atoms with E-state index in [1.54, 1.807) is 24.8 Å². The molecule has 1 aliphatic heterocycles. The smallest absolute Gasteiger partial charge is 0.391 e. The Balaban J connectivity index is 0.000000119. The lowest BCUT2D eigenvalue weighted by molar-refractivity contribution is -0.0499. The number of nitrogens with one attached hydrogen (secondary N) is 4. The van der Waals surface area contributed by atoms with Gasteiger partial charge >= 0.3 is 15.6 Å². The van der Waals surface area contributed by atoms with Crippen molar-refractivity contribution in [1.29, 1.82) is 0 Å². The number of anilines is 1. The van der Waals surface area contributed by atoms with Gasteiger partial charge in [0.25, 0.3) is 0 Å². The summed E-state index contributed by atoms with van der Waals surface area (Å²) in [6, 6.07) is 10.1. The summed E-state index contributed by atoms with van der Waals surface area (Å²) in [4.78, 5) is 46.6. The standard InChI is InChI=1S/C15H16N4O.C11H6F3N3O3S.C10H7N3O/c20-10-2-1-7-19(9-10)13-4-6-16-12-8-18-15-11(14(12)13)3-5-17-15;12-11(13,14)21(18,19)20-8-2-4-15-7-5-17-10-6(9(7)8)1-3-16-10;14-8-2-4-11-7-5-13-10-6(9(7)8)1-3-12-10/h3-6,8,10,16,20H,1-2,7,9H2;1-5,15H;1-5H,(H,11,14)(H,12,13). The van der Waals surface area contributed by atoms with Gasteiger partial charge in [-0.3, -0.25) is 4.79 Å². The molecule has 0 aromatic carbocycles. The molecule has 55 heavy (non-hydrogen) atoms. The normalized spacial score (nSPS) is 15.0. The summed E-state index contributed by atoms with van der Waals surface area (Å²) in [5.41, 5.74) is -0.446. The molecule has 0 bridgehead atoms. The van der Waals surface area contributed by atoms with E-state index >= 15 is 0 Å². The van der Waals surface area contributed by atoms with Crippen molar-refractivity contribution in [2.75, 3.05) is 18.0 Å².